The number of methoxy groups -OCH3 is 2. The van der Waals surface area contributed by atoms with Crippen molar-refractivity contribution in [3.63, 3.8) is 0 Å². The van der Waals surface area contributed by atoms with Crippen molar-refractivity contribution in [1.29, 1.82) is 0 Å². The molecule has 0 N–H and O–H groups in total. The molecule has 1 aliphatic rings. The number of anilines is 1. The molecule has 0 amide bonds. The lowest BCUT2D eigenvalue weighted by Crippen LogP contribution is -2.48. The van der Waals surface area contributed by atoms with Gasteiger partial charge in [-0.05, 0) is 18.9 Å². The molecule has 2 aromatic rings. The lowest BCUT2D eigenvalue weighted by molar-refractivity contribution is 0.321. The number of benzene rings is 1. The smallest absolute Gasteiger partial charge is 0.211 e. The van der Waals surface area contributed by atoms with Crippen LogP contribution in [0.5, 0.6) is 11.5 Å². The van der Waals surface area contributed by atoms with Crippen molar-refractivity contribution in [2.24, 2.45) is 0 Å². The fourth-order valence-corrected chi connectivity index (χ4v) is 4.05. The zero-order valence-corrected chi connectivity index (χ0v) is 16.3. The quantitative estimate of drug-likeness (QED) is 0.777. The molecule has 8 nitrogen and oxygen atoms in total. The maximum Gasteiger partial charge on any atom is 0.211 e. The minimum absolute atomic E-state index is 0.0797. The summed E-state index contributed by atoms with van der Waals surface area (Å²) in [6, 6.07) is 3.61. The average molecular weight is 380 g/mol. The van der Waals surface area contributed by atoms with Crippen LogP contribution in [0.25, 0.3) is 10.9 Å². The van der Waals surface area contributed by atoms with Crippen LogP contribution in [0.2, 0.25) is 0 Å². The van der Waals surface area contributed by atoms with Gasteiger partial charge in [0.2, 0.25) is 10.0 Å². The van der Waals surface area contributed by atoms with E-state index in [1.807, 2.05) is 12.1 Å². The van der Waals surface area contributed by atoms with E-state index in [1.54, 1.807) is 21.3 Å². The molecule has 1 fully saturated rings. The highest BCUT2D eigenvalue weighted by Crippen LogP contribution is 2.35. The SMILES string of the molecule is COc1cc2ncnc(N3CCCC(N(C)S(C)(=O)=O)C3)c2cc1OC. The van der Waals surface area contributed by atoms with Crippen LogP contribution in [0.1, 0.15) is 12.8 Å². The third kappa shape index (κ3) is 3.54. The van der Waals surface area contributed by atoms with Crippen molar-refractivity contribution in [2.75, 3.05) is 45.5 Å². The van der Waals surface area contributed by atoms with E-state index in [4.69, 9.17) is 9.47 Å². The number of rotatable bonds is 5. The van der Waals surface area contributed by atoms with Crippen LogP contribution >= 0.6 is 0 Å². The molecule has 1 aliphatic heterocycles. The maximum atomic E-state index is 11.9. The maximum absolute atomic E-state index is 11.9. The molecule has 3 rings (SSSR count). The normalized spacial score (nSPS) is 18.3. The third-order valence-corrected chi connectivity index (χ3v) is 6.20. The molecular formula is C17H24N4O4S. The zero-order chi connectivity index (χ0) is 18.9. The molecule has 0 spiro atoms. The highest BCUT2D eigenvalue weighted by atomic mass is 32.2. The van der Waals surface area contributed by atoms with E-state index in [0.717, 1.165) is 36.1 Å². The van der Waals surface area contributed by atoms with Crippen molar-refractivity contribution in [2.45, 2.75) is 18.9 Å². The lowest BCUT2D eigenvalue weighted by Gasteiger charge is -2.37. The van der Waals surface area contributed by atoms with E-state index in [9.17, 15) is 8.42 Å². The average Bonchev–Trinajstić information content (AvgIpc) is 2.65. The Morgan fingerprint density at radius 2 is 1.88 bits per heavy atom. The summed E-state index contributed by atoms with van der Waals surface area (Å²) in [5.41, 5.74) is 0.756. The van der Waals surface area contributed by atoms with Gasteiger partial charge in [0.15, 0.2) is 11.5 Å². The van der Waals surface area contributed by atoms with E-state index in [1.165, 1.54) is 16.9 Å². The van der Waals surface area contributed by atoms with Gasteiger partial charge < -0.3 is 14.4 Å². The summed E-state index contributed by atoms with van der Waals surface area (Å²) in [6.45, 7) is 1.40. The number of hydrogen-bond acceptors (Lipinski definition) is 7. The minimum atomic E-state index is -3.23. The lowest BCUT2D eigenvalue weighted by atomic mass is 10.1. The van der Waals surface area contributed by atoms with E-state index < -0.39 is 10.0 Å². The molecule has 1 atom stereocenters. The van der Waals surface area contributed by atoms with Gasteiger partial charge in [0, 0.05) is 37.6 Å². The summed E-state index contributed by atoms with van der Waals surface area (Å²) in [6.07, 6.45) is 4.49. The van der Waals surface area contributed by atoms with Crippen molar-refractivity contribution in [1.82, 2.24) is 14.3 Å². The Morgan fingerprint density at radius 1 is 1.19 bits per heavy atom. The van der Waals surface area contributed by atoms with E-state index in [-0.39, 0.29) is 6.04 Å². The number of sulfonamides is 1. The first-order valence-corrected chi connectivity index (χ1v) is 10.2. The van der Waals surface area contributed by atoms with Crippen molar-refractivity contribution in [3.05, 3.63) is 18.5 Å². The van der Waals surface area contributed by atoms with Crippen molar-refractivity contribution >= 4 is 26.7 Å². The Bertz CT molecular complexity index is 903. The molecule has 142 valence electrons. The van der Waals surface area contributed by atoms with Gasteiger partial charge in [-0.3, -0.25) is 0 Å². The summed E-state index contributed by atoms with van der Waals surface area (Å²) in [5.74, 6) is 2.00. The monoisotopic (exact) mass is 380 g/mol. The van der Waals surface area contributed by atoms with Crippen LogP contribution in [0.4, 0.5) is 5.82 Å². The third-order valence-electron chi connectivity index (χ3n) is 4.85. The van der Waals surface area contributed by atoms with Crippen LogP contribution in [0, 0.1) is 0 Å². The molecule has 1 aromatic heterocycles. The second-order valence-electron chi connectivity index (χ2n) is 6.44. The van der Waals surface area contributed by atoms with Crippen molar-refractivity contribution in [3.8, 4) is 11.5 Å². The Hall–Kier alpha value is -2.13. The number of aromatic nitrogens is 2. The Morgan fingerprint density at radius 3 is 2.54 bits per heavy atom. The molecule has 26 heavy (non-hydrogen) atoms. The molecule has 9 heteroatoms. The predicted octanol–water partition coefficient (Wildman–Crippen LogP) is 1.51. The number of likely N-dealkylation sites (N-methyl/N-ethyl adjacent to an activating group) is 1. The van der Waals surface area contributed by atoms with Crippen LogP contribution in [-0.2, 0) is 10.0 Å². The summed E-state index contributed by atoms with van der Waals surface area (Å²) >= 11 is 0. The van der Waals surface area contributed by atoms with Gasteiger partial charge in [0.1, 0.15) is 12.1 Å². The number of piperidine rings is 1. The first-order valence-electron chi connectivity index (χ1n) is 8.40. The van der Waals surface area contributed by atoms with Crippen LogP contribution in [0.15, 0.2) is 18.5 Å². The summed E-state index contributed by atoms with van der Waals surface area (Å²) < 4.78 is 36.0. The largest absolute Gasteiger partial charge is 0.493 e. The standard InChI is InChI=1S/C17H24N4O4S/c1-20(26(4,22)23)12-6-5-7-21(10-12)17-13-8-15(24-2)16(25-3)9-14(13)18-11-19-17/h8-9,11-12H,5-7,10H2,1-4H3. The number of ether oxygens (including phenoxy) is 2. The van der Waals surface area contributed by atoms with Crippen molar-refractivity contribution < 1.29 is 17.9 Å². The fourth-order valence-electron chi connectivity index (χ4n) is 3.34. The van der Waals surface area contributed by atoms with Gasteiger partial charge in [-0.15, -0.1) is 0 Å². The molecular weight excluding hydrogens is 356 g/mol. The van der Waals surface area contributed by atoms with Gasteiger partial charge in [0.25, 0.3) is 0 Å². The van der Waals surface area contributed by atoms with E-state index in [0.29, 0.717) is 18.0 Å². The molecule has 2 heterocycles. The van der Waals surface area contributed by atoms with Crippen LogP contribution < -0.4 is 14.4 Å². The Labute approximate surface area is 153 Å². The zero-order valence-electron chi connectivity index (χ0n) is 15.5. The summed E-state index contributed by atoms with van der Waals surface area (Å²) in [7, 11) is 1.58. The fraction of sp³-hybridized carbons (Fsp3) is 0.529. The van der Waals surface area contributed by atoms with Gasteiger partial charge >= 0.3 is 0 Å². The second-order valence-corrected chi connectivity index (χ2v) is 8.48. The molecule has 1 aromatic carbocycles. The topological polar surface area (TPSA) is 84.9 Å². The Balaban J connectivity index is 1.99. The highest BCUT2D eigenvalue weighted by molar-refractivity contribution is 7.88. The summed E-state index contributed by atoms with van der Waals surface area (Å²) in [4.78, 5) is 10.9. The highest BCUT2D eigenvalue weighted by Gasteiger charge is 2.29. The molecule has 1 saturated heterocycles. The van der Waals surface area contributed by atoms with Gasteiger partial charge in [-0.2, -0.15) is 0 Å². The first kappa shape index (κ1) is 18.7. The van der Waals surface area contributed by atoms with Gasteiger partial charge in [-0.1, -0.05) is 0 Å². The number of hydrogen-bond donors (Lipinski definition) is 0. The molecule has 0 radical (unpaired) electrons. The Kier molecular flexibility index (Phi) is 5.19. The predicted molar refractivity (Wildman–Crippen MR) is 100 cm³/mol. The van der Waals surface area contributed by atoms with Crippen LogP contribution in [0.3, 0.4) is 0 Å². The van der Waals surface area contributed by atoms with Gasteiger partial charge in [-0.25, -0.2) is 22.7 Å². The molecule has 0 bridgehead atoms. The minimum Gasteiger partial charge on any atom is -0.493 e. The first-order chi connectivity index (χ1) is 12.3. The van der Waals surface area contributed by atoms with E-state index in [2.05, 4.69) is 14.9 Å². The van der Waals surface area contributed by atoms with Gasteiger partial charge in [0.05, 0.1) is 26.0 Å². The van der Waals surface area contributed by atoms with E-state index >= 15 is 0 Å². The van der Waals surface area contributed by atoms with Crippen LogP contribution in [-0.4, -0.2) is 69.3 Å². The number of fused-ring (bicyclic) bond motifs is 1. The molecule has 0 saturated carbocycles. The number of nitrogens with zero attached hydrogens (tertiary/aromatic N) is 4. The molecule has 1 unspecified atom stereocenters. The summed E-state index contributed by atoms with van der Waals surface area (Å²) in [5, 5.41) is 0.854. The second kappa shape index (κ2) is 7.24. The molecule has 0 aliphatic carbocycles.